The number of imidazole rings is 1. The normalized spacial score (nSPS) is 11.3. The summed E-state index contributed by atoms with van der Waals surface area (Å²) in [5.74, 6) is 0.478. The van der Waals surface area contributed by atoms with Crippen molar-refractivity contribution < 1.29 is 10.0 Å². The highest BCUT2D eigenvalue weighted by Crippen LogP contribution is 2.22. The van der Waals surface area contributed by atoms with E-state index in [0.29, 0.717) is 0 Å². The van der Waals surface area contributed by atoms with Gasteiger partial charge in [0.2, 0.25) is 0 Å². The van der Waals surface area contributed by atoms with Gasteiger partial charge in [-0.05, 0) is 48.2 Å². The van der Waals surface area contributed by atoms with Gasteiger partial charge in [-0.2, -0.15) is 0 Å². The predicted octanol–water partition coefficient (Wildman–Crippen LogP) is 4.70. The van der Waals surface area contributed by atoms with Gasteiger partial charge in [0.25, 0.3) is 5.91 Å². The fourth-order valence-electron chi connectivity index (χ4n) is 3.76. The minimum absolute atomic E-state index is 0.559. The summed E-state index contributed by atoms with van der Waals surface area (Å²) in [6.07, 6.45) is 4.74. The van der Waals surface area contributed by atoms with Crippen LogP contribution in [0.15, 0.2) is 78.9 Å². The standard InChI is InChI=1S/C26H25N3O2/c1-19-6-5-9-20(16-19)11-14-25-27-23-13-10-21(12-15-26(30)28-31)17-24(23)29(25)18-22-7-3-2-4-8-22/h2-10,12-13,15-17,31H,11,14,18H2,1H3,(H,28,30). The molecule has 0 unspecified atom stereocenters. The summed E-state index contributed by atoms with van der Waals surface area (Å²) in [6, 6.07) is 24.9. The van der Waals surface area contributed by atoms with Crippen molar-refractivity contribution in [1.82, 2.24) is 15.0 Å². The van der Waals surface area contributed by atoms with Crippen LogP contribution in [0, 0.1) is 6.92 Å². The van der Waals surface area contributed by atoms with E-state index in [-0.39, 0.29) is 0 Å². The highest BCUT2D eigenvalue weighted by molar-refractivity contribution is 5.91. The van der Waals surface area contributed by atoms with E-state index in [1.165, 1.54) is 22.8 Å². The Hall–Kier alpha value is -3.70. The Bertz CT molecular complexity index is 1230. The van der Waals surface area contributed by atoms with Crippen LogP contribution < -0.4 is 5.48 Å². The molecule has 1 amide bonds. The molecule has 3 aromatic carbocycles. The molecule has 0 saturated heterocycles. The van der Waals surface area contributed by atoms with Crippen LogP contribution in [0.2, 0.25) is 0 Å². The van der Waals surface area contributed by atoms with Crippen LogP contribution in [0.4, 0.5) is 0 Å². The van der Waals surface area contributed by atoms with Crippen molar-refractivity contribution in [1.29, 1.82) is 0 Å². The topological polar surface area (TPSA) is 67.2 Å². The average molecular weight is 412 g/mol. The third kappa shape index (κ3) is 5.08. The fraction of sp³-hybridized carbons (Fsp3) is 0.154. The summed E-state index contributed by atoms with van der Waals surface area (Å²) in [5.41, 5.74) is 8.21. The Labute approximate surface area is 181 Å². The number of nitrogens with zero attached hydrogens (tertiary/aromatic N) is 2. The SMILES string of the molecule is Cc1cccc(CCc2nc3ccc(C=CC(=O)NO)cc3n2Cc2ccccc2)c1. The molecule has 0 aliphatic rings. The third-order valence-corrected chi connectivity index (χ3v) is 5.29. The first kappa shape index (κ1) is 20.6. The zero-order chi connectivity index (χ0) is 21.6. The molecular weight excluding hydrogens is 386 g/mol. The van der Waals surface area contributed by atoms with Crippen LogP contribution in [-0.4, -0.2) is 20.7 Å². The van der Waals surface area contributed by atoms with Gasteiger partial charge in [-0.25, -0.2) is 10.5 Å². The van der Waals surface area contributed by atoms with E-state index in [2.05, 4.69) is 47.9 Å². The van der Waals surface area contributed by atoms with Crippen LogP contribution in [0.25, 0.3) is 17.1 Å². The van der Waals surface area contributed by atoms with E-state index >= 15 is 0 Å². The maximum atomic E-state index is 11.3. The number of rotatable bonds is 7. The molecule has 0 aliphatic carbocycles. The minimum atomic E-state index is -0.559. The van der Waals surface area contributed by atoms with Crippen molar-refractivity contribution in [2.24, 2.45) is 0 Å². The van der Waals surface area contributed by atoms with Gasteiger partial charge in [0.1, 0.15) is 5.82 Å². The lowest BCUT2D eigenvalue weighted by Gasteiger charge is -2.10. The Morgan fingerprint density at radius 3 is 2.58 bits per heavy atom. The Kier molecular flexibility index (Phi) is 6.24. The average Bonchev–Trinajstić information content (AvgIpc) is 3.13. The molecule has 4 rings (SSSR count). The van der Waals surface area contributed by atoms with E-state index in [4.69, 9.17) is 10.2 Å². The van der Waals surface area contributed by atoms with Crippen LogP contribution in [0.3, 0.4) is 0 Å². The highest BCUT2D eigenvalue weighted by atomic mass is 16.5. The number of aryl methyl sites for hydroxylation is 3. The van der Waals surface area contributed by atoms with Gasteiger partial charge in [0.05, 0.1) is 11.0 Å². The van der Waals surface area contributed by atoms with Gasteiger partial charge >= 0.3 is 0 Å². The number of benzene rings is 3. The van der Waals surface area contributed by atoms with E-state index in [9.17, 15) is 4.79 Å². The number of fused-ring (bicyclic) bond motifs is 1. The van der Waals surface area contributed by atoms with Gasteiger partial charge in [-0.3, -0.25) is 10.0 Å². The van der Waals surface area contributed by atoms with Crippen LogP contribution >= 0.6 is 0 Å². The zero-order valence-electron chi connectivity index (χ0n) is 17.5. The summed E-state index contributed by atoms with van der Waals surface area (Å²) >= 11 is 0. The van der Waals surface area contributed by atoms with Gasteiger partial charge in [0.15, 0.2) is 0 Å². The molecule has 0 fully saturated rings. The molecule has 2 N–H and O–H groups in total. The lowest BCUT2D eigenvalue weighted by Crippen LogP contribution is -2.14. The number of carbonyl (C=O) groups excluding carboxylic acids is 1. The van der Waals surface area contributed by atoms with E-state index in [1.54, 1.807) is 11.6 Å². The monoisotopic (exact) mass is 411 g/mol. The lowest BCUT2D eigenvalue weighted by molar-refractivity contribution is -0.124. The summed E-state index contributed by atoms with van der Waals surface area (Å²) in [5, 5.41) is 8.70. The van der Waals surface area contributed by atoms with E-state index in [1.807, 2.05) is 36.4 Å². The van der Waals surface area contributed by atoms with E-state index in [0.717, 1.165) is 41.8 Å². The van der Waals surface area contributed by atoms with Crippen molar-refractivity contribution in [3.63, 3.8) is 0 Å². The van der Waals surface area contributed by atoms with Crippen molar-refractivity contribution in [3.05, 3.63) is 107 Å². The molecule has 1 aromatic heterocycles. The summed E-state index contributed by atoms with van der Waals surface area (Å²) in [4.78, 5) is 16.3. The van der Waals surface area contributed by atoms with Gasteiger partial charge in [0, 0.05) is 19.0 Å². The molecule has 0 aliphatic heterocycles. The number of hydroxylamine groups is 1. The van der Waals surface area contributed by atoms with Gasteiger partial charge in [-0.15, -0.1) is 0 Å². The second-order valence-electron chi connectivity index (χ2n) is 7.65. The number of amides is 1. The number of hydrogen-bond acceptors (Lipinski definition) is 3. The molecule has 4 aromatic rings. The highest BCUT2D eigenvalue weighted by Gasteiger charge is 2.12. The number of aromatic nitrogens is 2. The number of nitrogens with one attached hydrogen (secondary N) is 1. The molecule has 156 valence electrons. The molecule has 0 atom stereocenters. The van der Waals surface area contributed by atoms with Crippen molar-refractivity contribution in [2.75, 3.05) is 0 Å². The van der Waals surface area contributed by atoms with Gasteiger partial charge in [-0.1, -0.05) is 66.2 Å². The third-order valence-electron chi connectivity index (χ3n) is 5.29. The van der Waals surface area contributed by atoms with Gasteiger partial charge < -0.3 is 4.57 Å². The summed E-state index contributed by atoms with van der Waals surface area (Å²) in [7, 11) is 0. The first-order valence-electron chi connectivity index (χ1n) is 10.3. The molecule has 31 heavy (non-hydrogen) atoms. The van der Waals surface area contributed by atoms with Crippen LogP contribution in [-0.2, 0) is 24.2 Å². The first-order chi connectivity index (χ1) is 15.1. The molecule has 0 radical (unpaired) electrons. The zero-order valence-corrected chi connectivity index (χ0v) is 17.5. The summed E-state index contributed by atoms with van der Waals surface area (Å²) in [6.45, 7) is 2.84. The molecule has 0 saturated carbocycles. The number of carbonyl (C=O) groups is 1. The molecule has 5 nitrogen and oxygen atoms in total. The Morgan fingerprint density at radius 2 is 1.81 bits per heavy atom. The van der Waals surface area contributed by atoms with Crippen molar-refractivity contribution in [2.45, 2.75) is 26.3 Å². The predicted molar refractivity (Wildman–Crippen MR) is 123 cm³/mol. The quantitative estimate of drug-likeness (QED) is 0.263. The molecule has 1 heterocycles. The maximum absolute atomic E-state index is 11.3. The minimum Gasteiger partial charge on any atom is -0.323 e. The Morgan fingerprint density at radius 1 is 1.00 bits per heavy atom. The number of hydrogen-bond donors (Lipinski definition) is 2. The first-order valence-corrected chi connectivity index (χ1v) is 10.3. The fourth-order valence-corrected chi connectivity index (χ4v) is 3.76. The second kappa shape index (κ2) is 9.41. The largest absolute Gasteiger partial charge is 0.323 e. The van der Waals surface area contributed by atoms with Crippen molar-refractivity contribution >= 4 is 23.0 Å². The molecule has 0 bridgehead atoms. The van der Waals surface area contributed by atoms with E-state index < -0.39 is 5.91 Å². The molecule has 5 heteroatoms. The molecule has 0 spiro atoms. The molecular formula is C26H25N3O2. The van der Waals surface area contributed by atoms with Crippen LogP contribution in [0.5, 0.6) is 0 Å². The van der Waals surface area contributed by atoms with Crippen LogP contribution in [0.1, 0.15) is 28.1 Å². The second-order valence-corrected chi connectivity index (χ2v) is 7.65. The van der Waals surface area contributed by atoms with Crippen molar-refractivity contribution in [3.8, 4) is 0 Å². The Balaban J connectivity index is 1.70. The summed E-state index contributed by atoms with van der Waals surface area (Å²) < 4.78 is 2.25. The lowest BCUT2D eigenvalue weighted by atomic mass is 10.1. The smallest absolute Gasteiger partial charge is 0.267 e. The maximum Gasteiger partial charge on any atom is 0.267 e.